The number of anilines is 1. The van der Waals surface area contributed by atoms with Crippen molar-refractivity contribution in [3.8, 4) is 11.5 Å². The Kier molecular flexibility index (Phi) is 4.15. The van der Waals surface area contributed by atoms with Crippen LogP contribution in [0.15, 0.2) is 36.4 Å². The number of rotatable bonds is 3. The van der Waals surface area contributed by atoms with Gasteiger partial charge in [-0.3, -0.25) is 4.79 Å². The SMILES string of the molecule is COc1ccc(NC(=O)c2ccc(O)c(Cl)c2)c(C)c1. The zero-order chi connectivity index (χ0) is 14.7. The van der Waals surface area contributed by atoms with Gasteiger partial charge in [0.2, 0.25) is 0 Å². The molecule has 2 N–H and O–H groups in total. The predicted molar refractivity (Wildman–Crippen MR) is 78.8 cm³/mol. The van der Waals surface area contributed by atoms with E-state index in [4.69, 9.17) is 16.3 Å². The molecule has 0 aliphatic carbocycles. The lowest BCUT2D eigenvalue weighted by Gasteiger charge is -2.10. The van der Waals surface area contributed by atoms with Crippen LogP contribution in [-0.4, -0.2) is 18.1 Å². The quantitative estimate of drug-likeness (QED) is 0.908. The van der Waals surface area contributed by atoms with E-state index in [1.165, 1.54) is 18.2 Å². The lowest BCUT2D eigenvalue weighted by molar-refractivity contribution is 0.102. The Hall–Kier alpha value is -2.20. The lowest BCUT2D eigenvalue weighted by Crippen LogP contribution is -2.12. The van der Waals surface area contributed by atoms with Gasteiger partial charge in [-0.2, -0.15) is 0 Å². The van der Waals surface area contributed by atoms with E-state index in [1.807, 2.05) is 13.0 Å². The summed E-state index contributed by atoms with van der Waals surface area (Å²) in [7, 11) is 1.59. The number of nitrogens with one attached hydrogen (secondary N) is 1. The average Bonchev–Trinajstić information content (AvgIpc) is 2.43. The van der Waals surface area contributed by atoms with E-state index in [1.54, 1.807) is 19.2 Å². The van der Waals surface area contributed by atoms with Crippen LogP contribution in [0.25, 0.3) is 0 Å². The molecule has 2 aromatic carbocycles. The Balaban J connectivity index is 2.21. The van der Waals surface area contributed by atoms with Crippen LogP contribution in [-0.2, 0) is 0 Å². The van der Waals surface area contributed by atoms with Crippen molar-refractivity contribution in [3.63, 3.8) is 0 Å². The fourth-order valence-corrected chi connectivity index (χ4v) is 1.93. The van der Waals surface area contributed by atoms with E-state index in [2.05, 4.69) is 5.32 Å². The smallest absolute Gasteiger partial charge is 0.255 e. The minimum Gasteiger partial charge on any atom is -0.506 e. The summed E-state index contributed by atoms with van der Waals surface area (Å²) in [6, 6.07) is 9.69. The monoisotopic (exact) mass is 291 g/mol. The number of phenols is 1. The number of aromatic hydroxyl groups is 1. The van der Waals surface area contributed by atoms with Gasteiger partial charge in [-0.25, -0.2) is 0 Å². The first-order valence-corrected chi connectivity index (χ1v) is 6.33. The van der Waals surface area contributed by atoms with Crippen LogP contribution in [0, 0.1) is 6.92 Å². The molecule has 5 heteroatoms. The molecular weight excluding hydrogens is 278 g/mol. The number of carbonyl (C=O) groups excluding carboxylic acids is 1. The number of benzene rings is 2. The van der Waals surface area contributed by atoms with Gasteiger partial charge in [0.1, 0.15) is 11.5 Å². The van der Waals surface area contributed by atoms with Gasteiger partial charge < -0.3 is 15.2 Å². The van der Waals surface area contributed by atoms with Gasteiger partial charge in [0.15, 0.2) is 0 Å². The number of amides is 1. The van der Waals surface area contributed by atoms with E-state index >= 15 is 0 Å². The number of carbonyl (C=O) groups is 1. The topological polar surface area (TPSA) is 58.6 Å². The largest absolute Gasteiger partial charge is 0.506 e. The summed E-state index contributed by atoms with van der Waals surface area (Å²) in [5.41, 5.74) is 1.96. The highest BCUT2D eigenvalue weighted by Crippen LogP contribution is 2.25. The minimum atomic E-state index is -0.292. The fourth-order valence-electron chi connectivity index (χ4n) is 1.75. The summed E-state index contributed by atoms with van der Waals surface area (Å²) in [6.07, 6.45) is 0. The molecule has 104 valence electrons. The maximum atomic E-state index is 12.1. The Morgan fingerprint density at radius 2 is 2.00 bits per heavy atom. The highest BCUT2D eigenvalue weighted by atomic mass is 35.5. The number of hydrogen-bond acceptors (Lipinski definition) is 3. The van der Waals surface area contributed by atoms with E-state index in [0.717, 1.165) is 11.3 Å². The van der Waals surface area contributed by atoms with Crippen LogP contribution in [0.3, 0.4) is 0 Å². The van der Waals surface area contributed by atoms with E-state index in [-0.39, 0.29) is 16.7 Å². The first-order valence-electron chi connectivity index (χ1n) is 5.96. The third kappa shape index (κ3) is 3.03. The van der Waals surface area contributed by atoms with Crippen LogP contribution in [0.5, 0.6) is 11.5 Å². The third-order valence-corrected chi connectivity index (χ3v) is 3.19. The van der Waals surface area contributed by atoms with Crippen molar-refractivity contribution in [2.24, 2.45) is 0 Å². The van der Waals surface area contributed by atoms with Crippen LogP contribution >= 0.6 is 11.6 Å². The Morgan fingerprint density at radius 1 is 1.25 bits per heavy atom. The number of methoxy groups -OCH3 is 1. The number of ether oxygens (including phenoxy) is 1. The molecule has 20 heavy (non-hydrogen) atoms. The number of phenolic OH excluding ortho intramolecular Hbond substituents is 1. The molecule has 0 fully saturated rings. The standard InChI is InChI=1S/C15H14ClNO3/c1-9-7-11(20-2)4-5-13(9)17-15(19)10-3-6-14(18)12(16)8-10/h3-8,18H,1-2H3,(H,17,19). The van der Waals surface area contributed by atoms with Gasteiger partial charge in [0, 0.05) is 11.3 Å². The highest BCUT2D eigenvalue weighted by Gasteiger charge is 2.10. The van der Waals surface area contributed by atoms with Crippen LogP contribution in [0.2, 0.25) is 5.02 Å². The molecular formula is C15H14ClNO3. The third-order valence-electron chi connectivity index (χ3n) is 2.89. The van der Waals surface area contributed by atoms with Crippen LogP contribution < -0.4 is 10.1 Å². The van der Waals surface area contributed by atoms with Gasteiger partial charge in [-0.1, -0.05) is 11.6 Å². The summed E-state index contributed by atoms with van der Waals surface area (Å²) in [5.74, 6) is 0.386. The molecule has 1 amide bonds. The number of aryl methyl sites for hydroxylation is 1. The molecule has 0 radical (unpaired) electrons. The summed E-state index contributed by atoms with van der Waals surface area (Å²) in [5, 5.41) is 12.3. The molecule has 0 saturated heterocycles. The summed E-state index contributed by atoms with van der Waals surface area (Å²) in [6.45, 7) is 1.88. The van der Waals surface area contributed by atoms with Crippen molar-refractivity contribution >= 4 is 23.2 Å². The minimum absolute atomic E-state index is 0.0520. The average molecular weight is 292 g/mol. The molecule has 0 spiro atoms. The van der Waals surface area contributed by atoms with Crippen molar-refractivity contribution in [1.29, 1.82) is 0 Å². The van der Waals surface area contributed by atoms with Crippen molar-refractivity contribution in [2.75, 3.05) is 12.4 Å². The van der Waals surface area contributed by atoms with Gasteiger partial charge >= 0.3 is 0 Å². The molecule has 2 rings (SSSR count). The highest BCUT2D eigenvalue weighted by molar-refractivity contribution is 6.32. The molecule has 0 bridgehead atoms. The Labute approximate surface area is 122 Å². The maximum absolute atomic E-state index is 12.1. The van der Waals surface area contributed by atoms with E-state index < -0.39 is 0 Å². The first-order chi connectivity index (χ1) is 9.51. The second-order valence-electron chi connectivity index (χ2n) is 4.30. The van der Waals surface area contributed by atoms with Crippen molar-refractivity contribution in [3.05, 3.63) is 52.5 Å². The molecule has 0 aliphatic heterocycles. The second-order valence-corrected chi connectivity index (χ2v) is 4.71. The zero-order valence-electron chi connectivity index (χ0n) is 11.1. The lowest BCUT2D eigenvalue weighted by atomic mass is 10.1. The molecule has 0 heterocycles. The Morgan fingerprint density at radius 3 is 2.60 bits per heavy atom. The molecule has 0 aliphatic rings. The number of halogens is 1. The van der Waals surface area contributed by atoms with E-state index in [0.29, 0.717) is 11.3 Å². The van der Waals surface area contributed by atoms with Gasteiger partial charge in [-0.15, -0.1) is 0 Å². The fraction of sp³-hybridized carbons (Fsp3) is 0.133. The normalized spacial score (nSPS) is 10.2. The van der Waals surface area contributed by atoms with E-state index in [9.17, 15) is 9.90 Å². The van der Waals surface area contributed by atoms with Crippen LogP contribution in [0.1, 0.15) is 15.9 Å². The Bertz CT molecular complexity index is 656. The van der Waals surface area contributed by atoms with Crippen molar-refractivity contribution in [1.82, 2.24) is 0 Å². The van der Waals surface area contributed by atoms with Gasteiger partial charge in [0.05, 0.1) is 12.1 Å². The summed E-state index contributed by atoms with van der Waals surface area (Å²) in [4.78, 5) is 12.1. The van der Waals surface area contributed by atoms with Gasteiger partial charge in [-0.05, 0) is 48.9 Å². The van der Waals surface area contributed by atoms with Crippen molar-refractivity contribution in [2.45, 2.75) is 6.92 Å². The zero-order valence-corrected chi connectivity index (χ0v) is 11.9. The number of hydrogen-bond donors (Lipinski definition) is 2. The molecule has 0 unspecified atom stereocenters. The van der Waals surface area contributed by atoms with Crippen molar-refractivity contribution < 1.29 is 14.6 Å². The summed E-state index contributed by atoms with van der Waals surface area (Å²) >= 11 is 5.79. The molecule has 0 aromatic heterocycles. The summed E-state index contributed by atoms with van der Waals surface area (Å²) < 4.78 is 5.11. The maximum Gasteiger partial charge on any atom is 0.255 e. The predicted octanol–water partition coefficient (Wildman–Crippen LogP) is 3.61. The second kappa shape index (κ2) is 5.84. The van der Waals surface area contributed by atoms with Gasteiger partial charge in [0.25, 0.3) is 5.91 Å². The molecule has 0 saturated carbocycles. The first kappa shape index (κ1) is 14.2. The molecule has 0 atom stereocenters. The molecule has 2 aromatic rings. The van der Waals surface area contributed by atoms with Crippen LogP contribution in [0.4, 0.5) is 5.69 Å². The molecule has 4 nitrogen and oxygen atoms in total.